The van der Waals surface area contributed by atoms with Gasteiger partial charge in [0.05, 0.1) is 0 Å². The molecule has 2 fully saturated rings. The fourth-order valence-corrected chi connectivity index (χ4v) is 2.61. The fourth-order valence-electron chi connectivity index (χ4n) is 2.61. The summed E-state index contributed by atoms with van der Waals surface area (Å²) < 4.78 is 5.41. The molecule has 1 aliphatic heterocycles. The van der Waals surface area contributed by atoms with Gasteiger partial charge in [-0.3, -0.25) is 14.5 Å². The van der Waals surface area contributed by atoms with Gasteiger partial charge in [-0.15, -0.1) is 0 Å². The molecule has 0 aromatic heterocycles. The molecule has 18 heavy (non-hydrogen) atoms. The number of carbonyl (C=O) groups excluding carboxylic acids is 2. The van der Waals surface area contributed by atoms with E-state index >= 15 is 0 Å². The van der Waals surface area contributed by atoms with E-state index in [1.165, 1.54) is 12.8 Å². The molecule has 1 heterocycles. The maximum atomic E-state index is 12.0. The second-order valence-electron chi connectivity index (χ2n) is 6.15. The molecule has 1 saturated heterocycles. The Morgan fingerprint density at radius 1 is 1.39 bits per heavy atom. The van der Waals surface area contributed by atoms with Crippen molar-refractivity contribution in [2.75, 3.05) is 13.1 Å². The van der Waals surface area contributed by atoms with Gasteiger partial charge in [0.1, 0.15) is 17.4 Å². The van der Waals surface area contributed by atoms with Crippen molar-refractivity contribution >= 4 is 11.8 Å². The third-order valence-electron chi connectivity index (χ3n) is 3.71. The summed E-state index contributed by atoms with van der Waals surface area (Å²) in [4.78, 5) is 26.0. The Morgan fingerprint density at radius 3 is 2.61 bits per heavy atom. The average Bonchev–Trinajstić information content (AvgIpc) is 3.04. The summed E-state index contributed by atoms with van der Waals surface area (Å²) in [6.45, 7) is 7.33. The summed E-state index contributed by atoms with van der Waals surface area (Å²) in [5, 5.41) is 0. The van der Waals surface area contributed by atoms with Crippen LogP contribution in [0.3, 0.4) is 0 Å². The van der Waals surface area contributed by atoms with E-state index in [1.807, 2.05) is 20.8 Å². The molecule has 2 aliphatic rings. The van der Waals surface area contributed by atoms with Crippen LogP contribution in [0.15, 0.2) is 0 Å². The zero-order valence-electron chi connectivity index (χ0n) is 11.6. The number of carbonyl (C=O) groups is 2. The number of rotatable bonds is 5. The third-order valence-corrected chi connectivity index (χ3v) is 3.71. The van der Waals surface area contributed by atoms with Crippen molar-refractivity contribution in [2.45, 2.75) is 58.1 Å². The topological polar surface area (TPSA) is 46.6 Å². The molecule has 102 valence electrons. The standard InChI is InChI=1S/C14H23NO3/c1-4-15-9-14(2,3)18-13(17)12(15)8-11(16)7-10-5-6-10/h10,12H,4-9H2,1-3H3. The molecule has 0 aromatic carbocycles. The second-order valence-corrected chi connectivity index (χ2v) is 6.15. The molecule has 2 rings (SSSR count). The average molecular weight is 253 g/mol. The van der Waals surface area contributed by atoms with Crippen LogP contribution in [0.2, 0.25) is 0 Å². The number of morpholine rings is 1. The molecule has 0 N–H and O–H groups in total. The molecule has 1 atom stereocenters. The largest absolute Gasteiger partial charge is 0.457 e. The molecule has 0 spiro atoms. The number of likely N-dealkylation sites (N-methyl/N-ethyl adjacent to an activating group) is 1. The van der Waals surface area contributed by atoms with Gasteiger partial charge in [0.2, 0.25) is 0 Å². The molecule has 0 amide bonds. The van der Waals surface area contributed by atoms with Crippen LogP contribution in [0, 0.1) is 5.92 Å². The number of hydrogen-bond donors (Lipinski definition) is 0. The Bertz CT molecular complexity index is 347. The summed E-state index contributed by atoms with van der Waals surface area (Å²) in [7, 11) is 0. The van der Waals surface area contributed by atoms with E-state index in [2.05, 4.69) is 4.90 Å². The smallest absolute Gasteiger partial charge is 0.324 e. The highest BCUT2D eigenvalue weighted by atomic mass is 16.6. The Hall–Kier alpha value is -0.900. The Morgan fingerprint density at radius 2 is 2.06 bits per heavy atom. The van der Waals surface area contributed by atoms with Crippen molar-refractivity contribution in [3.63, 3.8) is 0 Å². The van der Waals surface area contributed by atoms with E-state index < -0.39 is 5.60 Å². The summed E-state index contributed by atoms with van der Waals surface area (Å²) >= 11 is 0. The molecule has 0 radical (unpaired) electrons. The maximum absolute atomic E-state index is 12.0. The van der Waals surface area contributed by atoms with E-state index in [0.717, 1.165) is 6.54 Å². The van der Waals surface area contributed by atoms with Crippen LogP contribution in [-0.2, 0) is 14.3 Å². The normalized spacial score (nSPS) is 27.9. The lowest BCUT2D eigenvalue weighted by Gasteiger charge is -2.41. The molecule has 0 aromatic rings. The number of hydrogen-bond acceptors (Lipinski definition) is 4. The number of Topliss-reactive ketones (excluding diaryl/α,β-unsaturated/α-hetero) is 1. The highest BCUT2D eigenvalue weighted by Crippen LogP contribution is 2.33. The van der Waals surface area contributed by atoms with Gasteiger partial charge in [-0.25, -0.2) is 0 Å². The predicted molar refractivity (Wildman–Crippen MR) is 68.2 cm³/mol. The van der Waals surface area contributed by atoms with Crippen molar-refractivity contribution < 1.29 is 14.3 Å². The first-order valence-electron chi connectivity index (χ1n) is 6.90. The van der Waals surface area contributed by atoms with Crippen LogP contribution in [0.5, 0.6) is 0 Å². The summed E-state index contributed by atoms with van der Waals surface area (Å²) in [5.41, 5.74) is -0.441. The van der Waals surface area contributed by atoms with Gasteiger partial charge >= 0.3 is 5.97 Å². The van der Waals surface area contributed by atoms with Gasteiger partial charge in [0, 0.05) is 19.4 Å². The van der Waals surface area contributed by atoms with Gasteiger partial charge in [0.15, 0.2) is 0 Å². The molecule has 1 aliphatic carbocycles. The van der Waals surface area contributed by atoms with Crippen LogP contribution in [-0.4, -0.2) is 41.4 Å². The predicted octanol–water partition coefficient (Wildman–Crippen LogP) is 1.77. The highest BCUT2D eigenvalue weighted by molar-refractivity contribution is 5.87. The fraction of sp³-hybridized carbons (Fsp3) is 0.857. The van der Waals surface area contributed by atoms with Gasteiger partial charge < -0.3 is 4.74 Å². The Balaban J connectivity index is 1.96. The van der Waals surface area contributed by atoms with Crippen LogP contribution in [0.25, 0.3) is 0 Å². The molecular formula is C14H23NO3. The molecule has 1 saturated carbocycles. The van der Waals surface area contributed by atoms with Gasteiger partial charge in [-0.1, -0.05) is 6.92 Å². The van der Waals surface area contributed by atoms with Crippen molar-refractivity contribution in [1.29, 1.82) is 0 Å². The lowest BCUT2D eigenvalue weighted by atomic mass is 9.99. The number of ether oxygens (including phenoxy) is 1. The first kappa shape index (κ1) is 13.5. The van der Waals surface area contributed by atoms with Crippen molar-refractivity contribution in [3.8, 4) is 0 Å². The number of ketones is 1. The van der Waals surface area contributed by atoms with Crippen LogP contribution < -0.4 is 0 Å². The van der Waals surface area contributed by atoms with Crippen molar-refractivity contribution in [3.05, 3.63) is 0 Å². The summed E-state index contributed by atoms with van der Waals surface area (Å²) in [6.07, 6.45) is 3.31. The maximum Gasteiger partial charge on any atom is 0.324 e. The van der Waals surface area contributed by atoms with E-state index in [-0.39, 0.29) is 17.8 Å². The number of nitrogens with zero attached hydrogens (tertiary/aromatic N) is 1. The molecule has 4 heteroatoms. The van der Waals surface area contributed by atoms with E-state index in [4.69, 9.17) is 4.74 Å². The highest BCUT2D eigenvalue weighted by Gasteiger charge is 2.41. The van der Waals surface area contributed by atoms with Crippen LogP contribution >= 0.6 is 0 Å². The summed E-state index contributed by atoms with van der Waals surface area (Å²) in [5.74, 6) is 0.554. The lowest BCUT2D eigenvalue weighted by molar-refractivity contribution is -0.178. The molecule has 1 unspecified atom stereocenters. The van der Waals surface area contributed by atoms with E-state index in [1.54, 1.807) is 0 Å². The first-order chi connectivity index (χ1) is 8.41. The lowest BCUT2D eigenvalue weighted by Crippen LogP contribution is -2.57. The third kappa shape index (κ3) is 3.31. The SMILES string of the molecule is CCN1CC(C)(C)OC(=O)C1CC(=O)CC1CC1. The van der Waals surface area contributed by atoms with Crippen LogP contribution in [0.1, 0.15) is 46.5 Å². The van der Waals surface area contributed by atoms with Gasteiger partial charge in [0.25, 0.3) is 0 Å². The van der Waals surface area contributed by atoms with E-state index in [0.29, 0.717) is 25.3 Å². The van der Waals surface area contributed by atoms with Gasteiger partial charge in [-0.05, 0) is 39.2 Å². The van der Waals surface area contributed by atoms with E-state index in [9.17, 15) is 9.59 Å². The minimum atomic E-state index is -0.441. The molecule has 0 bridgehead atoms. The zero-order valence-corrected chi connectivity index (χ0v) is 11.6. The summed E-state index contributed by atoms with van der Waals surface area (Å²) in [6, 6.07) is -0.366. The van der Waals surface area contributed by atoms with Gasteiger partial charge in [-0.2, -0.15) is 0 Å². The van der Waals surface area contributed by atoms with Crippen molar-refractivity contribution in [1.82, 2.24) is 4.90 Å². The van der Waals surface area contributed by atoms with Crippen LogP contribution in [0.4, 0.5) is 0 Å². The molecular weight excluding hydrogens is 230 g/mol. The van der Waals surface area contributed by atoms with Crippen molar-refractivity contribution in [2.24, 2.45) is 5.92 Å². The minimum absolute atomic E-state index is 0.206. The Kier molecular flexibility index (Phi) is 3.76. The number of esters is 1. The monoisotopic (exact) mass is 253 g/mol. The minimum Gasteiger partial charge on any atom is -0.457 e. The number of cyclic esters (lactones) is 1. The zero-order chi connectivity index (χ0) is 13.3. The second kappa shape index (κ2) is 5.00. The quantitative estimate of drug-likeness (QED) is 0.701. The first-order valence-corrected chi connectivity index (χ1v) is 6.90. The Labute approximate surface area is 109 Å². The molecule has 4 nitrogen and oxygen atoms in total.